The molecule has 0 aliphatic carbocycles. The van der Waals surface area contributed by atoms with Crippen LogP contribution in [-0.4, -0.2) is 18.1 Å². The van der Waals surface area contributed by atoms with Gasteiger partial charge in [-0.3, -0.25) is 16.1 Å². The van der Waals surface area contributed by atoms with Gasteiger partial charge in [0.25, 0.3) is 0 Å². The maximum Gasteiger partial charge on any atom is 0.241 e. The third kappa shape index (κ3) is 4.49. The van der Waals surface area contributed by atoms with Crippen LogP contribution in [0.15, 0.2) is 0 Å². The number of carbonyl (C=O) groups excluding carboxylic acids is 1. The van der Waals surface area contributed by atoms with E-state index in [-0.39, 0.29) is 11.3 Å². The average molecular weight is 229 g/mol. The molecule has 0 saturated heterocycles. The summed E-state index contributed by atoms with van der Waals surface area (Å²) in [7, 11) is 1.61. The van der Waals surface area contributed by atoms with Crippen molar-refractivity contribution >= 4 is 5.91 Å². The van der Waals surface area contributed by atoms with Crippen molar-refractivity contribution in [2.75, 3.05) is 7.05 Å². The first-order valence-electron chi connectivity index (χ1n) is 5.78. The molecule has 0 saturated carbocycles. The van der Waals surface area contributed by atoms with Crippen molar-refractivity contribution in [3.63, 3.8) is 0 Å². The number of nitrogens with two attached hydrogens (primary N) is 1. The Kier molecular flexibility index (Phi) is 4.95. The number of hydrogen-bond acceptors (Lipinski definition) is 3. The van der Waals surface area contributed by atoms with E-state index in [1.807, 2.05) is 13.8 Å². The molecule has 0 unspecified atom stereocenters. The van der Waals surface area contributed by atoms with E-state index in [0.717, 1.165) is 6.42 Å². The average Bonchev–Trinajstić information content (AvgIpc) is 2.00. The molecule has 0 aliphatic rings. The van der Waals surface area contributed by atoms with E-state index in [4.69, 9.17) is 5.84 Å². The number of amides is 1. The lowest BCUT2D eigenvalue weighted by Crippen LogP contribution is -2.50. The molecule has 0 rings (SSSR count). The highest BCUT2D eigenvalue weighted by atomic mass is 16.2. The zero-order valence-electron chi connectivity index (χ0n) is 11.7. The highest BCUT2D eigenvalue weighted by Gasteiger charge is 2.36. The molecule has 0 bridgehead atoms. The molecule has 0 atom stereocenters. The molecule has 0 fully saturated rings. The summed E-state index contributed by atoms with van der Waals surface area (Å²) in [5.41, 5.74) is 2.33. The number of carbonyl (C=O) groups is 1. The first-order chi connectivity index (χ1) is 6.99. The van der Waals surface area contributed by atoms with E-state index >= 15 is 0 Å². The third-order valence-corrected chi connectivity index (χ3v) is 3.35. The van der Waals surface area contributed by atoms with Crippen molar-refractivity contribution in [3.8, 4) is 0 Å². The molecule has 4 nitrogen and oxygen atoms in total. The summed E-state index contributed by atoms with van der Waals surface area (Å²) >= 11 is 0. The maximum atomic E-state index is 11.9. The van der Waals surface area contributed by atoms with Crippen LogP contribution in [0.4, 0.5) is 0 Å². The van der Waals surface area contributed by atoms with Gasteiger partial charge in [-0.25, -0.2) is 0 Å². The second-order valence-corrected chi connectivity index (χ2v) is 6.26. The number of hydrogen-bond donors (Lipinski definition) is 2. The molecular weight excluding hydrogens is 202 g/mol. The van der Waals surface area contributed by atoms with Crippen molar-refractivity contribution < 1.29 is 4.79 Å². The summed E-state index contributed by atoms with van der Waals surface area (Å²) in [6.45, 7) is 12.7. The Morgan fingerprint density at radius 3 is 2.06 bits per heavy atom. The van der Waals surface area contributed by atoms with Crippen LogP contribution in [0.1, 0.15) is 48.0 Å². The highest BCUT2D eigenvalue weighted by Crippen LogP contribution is 2.39. The van der Waals surface area contributed by atoms with Crippen molar-refractivity contribution in [3.05, 3.63) is 0 Å². The standard InChI is InChI=1S/C12H27N3O/c1-9(2)11(3,4)8-12(5,6)10(16)14-15(7)13/h9H,8,13H2,1-7H3,(H,14,16). The Bertz CT molecular complexity index is 245. The first kappa shape index (κ1) is 15.4. The smallest absolute Gasteiger partial charge is 0.241 e. The quantitative estimate of drug-likeness (QED) is 0.559. The molecule has 3 N–H and O–H groups in total. The van der Waals surface area contributed by atoms with Crippen molar-refractivity contribution in [1.82, 2.24) is 10.5 Å². The van der Waals surface area contributed by atoms with Crippen molar-refractivity contribution in [2.24, 2.45) is 22.6 Å². The maximum absolute atomic E-state index is 11.9. The lowest BCUT2D eigenvalue weighted by Gasteiger charge is -2.37. The van der Waals surface area contributed by atoms with Crippen LogP contribution >= 0.6 is 0 Å². The minimum Gasteiger partial charge on any atom is -0.275 e. The Balaban J connectivity index is 4.62. The van der Waals surface area contributed by atoms with Crippen LogP contribution in [0.2, 0.25) is 0 Å². The Labute approximate surface area is 99.5 Å². The SMILES string of the molecule is CC(C)C(C)(C)CC(C)(C)C(=O)NN(C)N. The summed E-state index contributed by atoms with van der Waals surface area (Å²) in [6.07, 6.45) is 0.831. The molecule has 4 heteroatoms. The van der Waals surface area contributed by atoms with E-state index in [2.05, 4.69) is 33.1 Å². The largest absolute Gasteiger partial charge is 0.275 e. The molecule has 16 heavy (non-hydrogen) atoms. The van der Waals surface area contributed by atoms with E-state index in [9.17, 15) is 4.79 Å². The minimum atomic E-state index is -0.415. The molecule has 0 aromatic heterocycles. The first-order valence-corrected chi connectivity index (χ1v) is 5.78. The van der Waals surface area contributed by atoms with Crippen LogP contribution in [0.5, 0.6) is 0 Å². The Morgan fingerprint density at radius 2 is 1.75 bits per heavy atom. The Hall–Kier alpha value is -0.610. The number of nitrogens with one attached hydrogen (secondary N) is 1. The summed E-state index contributed by atoms with van der Waals surface area (Å²) in [4.78, 5) is 11.9. The Morgan fingerprint density at radius 1 is 1.31 bits per heavy atom. The van der Waals surface area contributed by atoms with Crippen LogP contribution in [0.25, 0.3) is 0 Å². The summed E-state index contributed by atoms with van der Waals surface area (Å²) < 4.78 is 0. The summed E-state index contributed by atoms with van der Waals surface area (Å²) in [5.74, 6) is 5.92. The van der Waals surface area contributed by atoms with Gasteiger partial charge in [0.1, 0.15) is 0 Å². The highest BCUT2D eigenvalue weighted by molar-refractivity contribution is 5.81. The van der Waals surface area contributed by atoms with Gasteiger partial charge >= 0.3 is 0 Å². The van der Waals surface area contributed by atoms with Gasteiger partial charge in [0.15, 0.2) is 0 Å². The molecule has 0 aromatic rings. The van der Waals surface area contributed by atoms with Crippen LogP contribution in [0, 0.1) is 16.7 Å². The van der Waals surface area contributed by atoms with Crippen LogP contribution in [-0.2, 0) is 4.79 Å². The van der Waals surface area contributed by atoms with Gasteiger partial charge in [-0.15, -0.1) is 0 Å². The zero-order valence-corrected chi connectivity index (χ0v) is 11.7. The fraction of sp³-hybridized carbons (Fsp3) is 0.917. The number of rotatable bonds is 5. The van der Waals surface area contributed by atoms with Crippen LogP contribution < -0.4 is 11.3 Å². The van der Waals surface area contributed by atoms with Gasteiger partial charge in [-0.05, 0) is 17.8 Å². The molecule has 0 spiro atoms. The lowest BCUT2D eigenvalue weighted by molar-refractivity contribution is -0.136. The fourth-order valence-corrected chi connectivity index (χ4v) is 1.73. The van der Waals surface area contributed by atoms with Gasteiger partial charge in [-0.2, -0.15) is 5.12 Å². The molecule has 0 heterocycles. The molecular formula is C12H27N3O. The predicted molar refractivity (Wildman–Crippen MR) is 67.1 cm³/mol. The minimum absolute atomic E-state index is 0.0359. The van der Waals surface area contributed by atoms with Gasteiger partial charge in [0.05, 0.1) is 0 Å². The monoisotopic (exact) mass is 229 g/mol. The molecule has 0 radical (unpaired) electrons. The lowest BCUT2D eigenvalue weighted by atomic mass is 9.69. The molecule has 1 amide bonds. The molecule has 0 aliphatic heterocycles. The van der Waals surface area contributed by atoms with E-state index in [1.54, 1.807) is 7.05 Å². The molecule has 96 valence electrons. The third-order valence-electron chi connectivity index (χ3n) is 3.35. The van der Waals surface area contributed by atoms with Crippen molar-refractivity contribution in [2.45, 2.75) is 48.0 Å². The van der Waals surface area contributed by atoms with Gasteiger partial charge < -0.3 is 0 Å². The van der Waals surface area contributed by atoms with Crippen molar-refractivity contribution in [1.29, 1.82) is 0 Å². The number of nitrogens with zero attached hydrogens (tertiary/aromatic N) is 1. The van der Waals surface area contributed by atoms with E-state index in [0.29, 0.717) is 5.92 Å². The van der Waals surface area contributed by atoms with Gasteiger partial charge in [0.2, 0.25) is 5.91 Å². The predicted octanol–water partition coefficient (Wildman–Crippen LogP) is 1.92. The second-order valence-electron chi connectivity index (χ2n) is 6.26. The van der Waals surface area contributed by atoms with Gasteiger partial charge in [0, 0.05) is 12.5 Å². The van der Waals surface area contributed by atoms with Gasteiger partial charge in [-0.1, -0.05) is 41.5 Å². The summed E-state index contributed by atoms with van der Waals surface area (Å²) in [6, 6.07) is 0. The summed E-state index contributed by atoms with van der Waals surface area (Å²) in [5, 5.41) is 1.20. The second kappa shape index (κ2) is 5.15. The topological polar surface area (TPSA) is 58.4 Å². The molecule has 0 aromatic carbocycles. The zero-order chi connectivity index (χ0) is 13.1. The van der Waals surface area contributed by atoms with Crippen LogP contribution in [0.3, 0.4) is 0 Å². The number of hydrazine groups is 2. The normalized spacial score (nSPS) is 13.4. The fourth-order valence-electron chi connectivity index (χ4n) is 1.73. The van der Waals surface area contributed by atoms with E-state index in [1.165, 1.54) is 5.12 Å². The van der Waals surface area contributed by atoms with E-state index < -0.39 is 5.41 Å².